The Labute approximate surface area is 150 Å². The van der Waals surface area contributed by atoms with Crippen LogP contribution in [0.4, 0.5) is 0 Å². The second-order valence-electron chi connectivity index (χ2n) is 5.85. The minimum absolute atomic E-state index is 0.0805. The van der Waals surface area contributed by atoms with Crippen LogP contribution >= 0.6 is 23.5 Å². The first-order valence-electron chi connectivity index (χ1n) is 7.51. The van der Waals surface area contributed by atoms with Crippen LogP contribution in [-0.4, -0.2) is 36.2 Å². The summed E-state index contributed by atoms with van der Waals surface area (Å²) in [4.78, 5) is 38.8. The maximum atomic E-state index is 13.2. The van der Waals surface area contributed by atoms with Crippen LogP contribution in [0.2, 0.25) is 0 Å². The second kappa shape index (κ2) is 7.15. The van der Waals surface area contributed by atoms with Gasteiger partial charge in [-0.2, -0.15) is 0 Å². The van der Waals surface area contributed by atoms with E-state index in [1.807, 2.05) is 12.5 Å². The van der Waals surface area contributed by atoms with E-state index in [4.69, 9.17) is 4.74 Å². The molecule has 0 fully saturated rings. The predicted molar refractivity (Wildman–Crippen MR) is 98.4 cm³/mol. The van der Waals surface area contributed by atoms with Crippen LogP contribution in [0.3, 0.4) is 0 Å². The molecule has 0 N–H and O–H groups in total. The van der Waals surface area contributed by atoms with Gasteiger partial charge in [0.25, 0.3) is 0 Å². The highest BCUT2D eigenvalue weighted by Crippen LogP contribution is 2.42. The van der Waals surface area contributed by atoms with Crippen molar-refractivity contribution in [2.75, 3.05) is 12.5 Å². The Morgan fingerprint density at radius 1 is 1.12 bits per heavy atom. The van der Waals surface area contributed by atoms with E-state index in [1.165, 1.54) is 23.5 Å². The molecule has 0 aromatic heterocycles. The molecule has 2 rings (SSSR count). The molecule has 0 heterocycles. The van der Waals surface area contributed by atoms with Crippen LogP contribution < -0.4 is 0 Å². The zero-order valence-electron chi connectivity index (χ0n) is 14.3. The SMILES string of the molecule is CSC(SC)=C1C(=O)c2ccccc2C(C)(C(=O)OC(C)C)C1=O. The zero-order valence-corrected chi connectivity index (χ0v) is 16.0. The third-order valence-corrected chi connectivity index (χ3v) is 6.09. The van der Waals surface area contributed by atoms with Crippen molar-refractivity contribution < 1.29 is 19.1 Å². The van der Waals surface area contributed by atoms with Gasteiger partial charge < -0.3 is 4.74 Å². The Hall–Kier alpha value is -1.53. The van der Waals surface area contributed by atoms with Gasteiger partial charge in [-0.15, -0.1) is 23.5 Å². The molecule has 0 saturated carbocycles. The topological polar surface area (TPSA) is 60.4 Å². The molecular weight excluding hydrogens is 344 g/mol. The number of Topliss-reactive ketones (excluding diaryl/α,β-unsaturated/α-hetero) is 2. The van der Waals surface area contributed by atoms with Gasteiger partial charge in [0.05, 0.1) is 15.9 Å². The van der Waals surface area contributed by atoms with Gasteiger partial charge in [0.1, 0.15) is 0 Å². The van der Waals surface area contributed by atoms with Crippen molar-refractivity contribution in [3.63, 3.8) is 0 Å². The number of rotatable bonds is 4. The Morgan fingerprint density at radius 2 is 1.71 bits per heavy atom. The van der Waals surface area contributed by atoms with E-state index in [2.05, 4.69) is 0 Å². The standard InChI is InChI=1S/C18H20O4S2/c1-10(2)22-17(21)18(3)12-9-7-6-8-11(12)14(19)13(15(18)20)16(23-4)24-5/h6-10H,1-5H3. The largest absolute Gasteiger partial charge is 0.462 e. The number of benzene rings is 1. The van der Waals surface area contributed by atoms with Crippen molar-refractivity contribution in [2.45, 2.75) is 32.3 Å². The van der Waals surface area contributed by atoms with Crippen molar-refractivity contribution >= 4 is 41.1 Å². The van der Waals surface area contributed by atoms with Crippen LogP contribution in [0, 0.1) is 0 Å². The molecule has 1 atom stereocenters. The molecule has 24 heavy (non-hydrogen) atoms. The van der Waals surface area contributed by atoms with E-state index in [0.29, 0.717) is 15.4 Å². The molecule has 1 aliphatic rings. The highest BCUT2D eigenvalue weighted by Gasteiger charge is 2.53. The molecule has 0 bridgehead atoms. The number of hydrogen-bond donors (Lipinski definition) is 0. The Balaban J connectivity index is 2.77. The lowest BCUT2D eigenvalue weighted by molar-refractivity contribution is -0.156. The summed E-state index contributed by atoms with van der Waals surface area (Å²) in [5.41, 5.74) is -0.635. The predicted octanol–water partition coefficient (Wildman–Crippen LogP) is 3.60. The summed E-state index contributed by atoms with van der Waals surface area (Å²) in [6.07, 6.45) is 3.27. The number of ether oxygens (including phenoxy) is 1. The minimum atomic E-state index is -1.51. The van der Waals surface area contributed by atoms with Crippen LogP contribution in [0.1, 0.15) is 36.7 Å². The van der Waals surface area contributed by atoms with Crippen molar-refractivity contribution in [2.24, 2.45) is 0 Å². The number of ketones is 2. The molecule has 0 amide bonds. The molecule has 0 radical (unpaired) electrons. The van der Waals surface area contributed by atoms with E-state index >= 15 is 0 Å². The Bertz CT molecular complexity index is 730. The number of carbonyl (C=O) groups is 3. The number of carbonyl (C=O) groups excluding carboxylic acids is 3. The molecule has 6 heteroatoms. The first kappa shape index (κ1) is 18.8. The lowest BCUT2D eigenvalue weighted by Gasteiger charge is -2.34. The van der Waals surface area contributed by atoms with Gasteiger partial charge in [-0.25, -0.2) is 0 Å². The lowest BCUT2D eigenvalue weighted by atomic mass is 9.68. The Kier molecular flexibility index (Phi) is 5.60. The van der Waals surface area contributed by atoms with Crippen LogP contribution in [0.25, 0.3) is 0 Å². The van der Waals surface area contributed by atoms with Crippen LogP contribution in [-0.2, 0) is 19.7 Å². The van der Waals surface area contributed by atoms with E-state index in [0.717, 1.165) is 0 Å². The molecule has 1 unspecified atom stereocenters. The monoisotopic (exact) mass is 364 g/mol. The number of thioether (sulfide) groups is 2. The fourth-order valence-electron chi connectivity index (χ4n) is 2.73. The molecule has 0 saturated heterocycles. The fraction of sp³-hybridized carbons (Fsp3) is 0.389. The highest BCUT2D eigenvalue weighted by molar-refractivity contribution is 8.21. The molecule has 1 aliphatic carbocycles. The summed E-state index contributed by atoms with van der Waals surface area (Å²) in [6.45, 7) is 5.01. The number of esters is 1. The first-order chi connectivity index (χ1) is 11.3. The highest BCUT2D eigenvalue weighted by atomic mass is 32.2. The van der Waals surface area contributed by atoms with Crippen molar-refractivity contribution in [3.8, 4) is 0 Å². The summed E-state index contributed by atoms with van der Waals surface area (Å²) in [6, 6.07) is 6.76. The van der Waals surface area contributed by atoms with Gasteiger partial charge in [0.15, 0.2) is 17.0 Å². The average molecular weight is 364 g/mol. The average Bonchev–Trinajstić information content (AvgIpc) is 2.56. The Morgan fingerprint density at radius 3 is 2.25 bits per heavy atom. The number of fused-ring (bicyclic) bond motifs is 1. The van der Waals surface area contributed by atoms with Crippen molar-refractivity contribution in [1.29, 1.82) is 0 Å². The lowest BCUT2D eigenvalue weighted by Crippen LogP contribution is -2.49. The number of hydrogen-bond acceptors (Lipinski definition) is 6. The van der Waals surface area contributed by atoms with Gasteiger partial charge in [-0.1, -0.05) is 24.3 Å². The summed E-state index contributed by atoms with van der Waals surface area (Å²) in [5, 5.41) is 0. The maximum absolute atomic E-state index is 13.2. The third-order valence-electron chi connectivity index (χ3n) is 3.94. The summed E-state index contributed by atoms with van der Waals surface area (Å²) in [5.74, 6) is -1.44. The normalized spacial score (nSPS) is 20.2. The third kappa shape index (κ3) is 2.93. The van der Waals surface area contributed by atoms with Crippen LogP contribution in [0.15, 0.2) is 34.1 Å². The van der Waals surface area contributed by atoms with E-state index < -0.39 is 17.2 Å². The molecule has 0 spiro atoms. The summed E-state index contributed by atoms with van der Waals surface area (Å²) >= 11 is 2.67. The van der Waals surface area contributed by atoms with Crippen LogP contribution in [0.5, 0.6) is 0 Å². The molecule has 128 valence electrons. The van der Waals surface area contributed by atoms with E-state index in [-0.39, 0.29) is 17.5 Å². The van der Waals surface area contributed by atoms with Crippen molar-refractivity contribution in [1.82, 2.24) is 0 Å². The molecule has 1 aromatic rings. The quantitative estimate of drug-likeness (QED) is 0.352. The second-order valence-corrected chi connectivity index (χ2v) is 7.75. The van der Waals surface area contributed by atoms with E-state index in [9.17, 15) is 14.4 Å². The number of allylic oxidation sites excluding steroid dienone is 1. The zero-order chi connectivity index (χ0) is 18.1. The maximum Gasteiger partial charge on any atom is 0.324 e. The first-order valence-corrected chi connectivity index (χ1v) is 9.96. The molecule has 4 nitrogen and oxygen atoms in total. The van der Waals surface area contributed by atoms with Gasteiger partial charge in [0, 0.05) is 5.56 Å². The molecule has 0 aliphatic heterocycles. The molecule has 1 aromatic carbocycles. The fourth-order valence-corrected chi connectivity index (χ4v) is 4.18. The van der Waals surface area contributed by atoms with Crippen molar-refractivity contribution in [3.05, 3.63) is 45.2 Å². The van der Waals surface area contributed by atoms with Gasteiger partial charge >= 0.3 is 5.97 Å². The van der Waals surface area contributed by atoms with Gasteiger partial charge in [0.2, 0.25) is 0 Å². The van der Waals surface area contributed by atoms with E-state index in [1.54, 1.807) is 45.0 Å². The minimum Gasteiger partial charge on any atom is -0.462 e. The van der Waals surface area contributed by atoms with Gasteiger partial charge in [-0.3, -0.25) is 14.4 Å². The summed E-state index contributed by atoms with van der Waals surface area (Å²) < 4.78 is 5.96. The van der Waals surface area contributed by atoms with Gasteiger partial charge in [-0.05, 0) is 38.8 Å². The molecular formula is C18H20O4S2. The summed E-state index contributed by atoms with van der Waals surface area (Å²) in [7, 11) is 0. The smallest absolute Gasteiger partial charge is 0.324 e.